The molecule has 1 heterocycles. The molecule has 3 nitrogen and oxygen atoms in total. The zero-order chi connectivity index (χ0) is 13.1. The minimum Gasteiger partial charge on any atom is -0.347 e. The number of thiazole rings is 1. The van der Waals surface area contributed by atoms with Crippen molar-refractivity contribution in [3.05, 3.63) is 51.5 Å². The first kappa shape index (κ1) is 12.6. The van der Waals surface area contributed by atoms with E-state index in [-0.39, 0.29) is 5.56 Å². The molecule has 2 aromatic rings. The predicted molar refractivity (Wildman–Crippen MR) is 64.4 cm³/mol. The van der Waals surface area contributed by atoms with Gasteiger partial charge in [0, 0.05) is 16.6 Å². The van der Waals surface area contributed by atoms with Crippen molar-refractivity contribution in [2.24, 2.45) is 0 Å². The maximum Gasteiger partial charge on any atom is 0.251 e. The second-order valence-corrected chi connectivity index (χ2v) is 4.98. The van der Waals surface area contributed by atoms with E-state index in [2.05, 4.69) is 10.3 Å². The second kappa shape index (κ2) is 5.22. The molecule has 0 aliphatic rings. The van der Waals surface area contributed by atoms with E-state index in [1.165, 1.54) is 17.4 Å². The molecule has 1 aromatic heterocycles. The monoisotopic (exact) mass is 268 g/mol. The first-order valence-corrected chi connectivity index (χ1v) is 6.02. The van der Waals surface area contributed by atoms with Crippen molar-refractivity contribution in [3.8, 4) is 0 Å². The summed E-state index contributed by atoms with van der Waals surface area (Å²) in [5.74, 6) is -2.44. The quantitative estimate of drug-likeness (QED) is 0.929. The molecule has 0 aliphatic heterocycles. The van der Waals surface area contributed by atoms with Crippen LogP contribution in [0.3, 0.4) is 0 Å². The van der Waals surface area contributed by atoms with Gasteiger partial charge in [0.1, 0.15) is 0 Å². The smallest absolute Gasteiger partial charge is 0.251 e. The molecular formula is C12H10F2N2OS. The Morgan fingerprint density at radius 1 is 1.39 bits per heavy atom. The third kappa shape index (κ3) is 2.89. The molecule has 0 radical (unpaired) electrons. The fourth-order valence-electron chi connectivity index (χ4n) is 1.39. The Kier molecular flexibility index (Phi) is 3.66. The van der Waals surface area contributed by atoms with Gasteiger partial charge >= 0.3 is 0 Å². The third-order valence-electron chi connectivity index (χ3n) is 2.27. The normalized spacial score (nSPS) is 10.4. The maximum absolute atomic E-state index is 12.9. The average molecular weight is 268 g/mol. The summed E-state index contributed by atoms with van der Waals surface area (Å²) in [5.41, 5.74) is 0.0927. The highest BCUT2D eigenvalue weighted by Crippen LogP contribution is 2.12. The number of halogens is 2. The zero-order valence-corrected chi connectivity index (χ0v) is 10.4. The van der Waals surface area contributed by atoms with Crippen LogP contribution in [-0.4, -0.2) is 10.9 Å². The minimum absolute atomic E-state index is 0.0927. The topological polar surface area (TPSA) is 42.0 Å². The Morgan fingerprint density at radius 3 is 2.78 bits per heavy atom. The number of carbonyl (C=O) groups is 1. The molecule has 0 fully saturated rings. The zero-order valence-electron chi connectivity index (χ0n) is 9.54. The molecule has 18 heavy (non-hydrogen) atoms. The Bertz CT molecular complexity index is 583. The van der Waals surface area contributed by atoms with Gasteiger partial charge in [-0.15, -0.1) is 11.3 Å². The molecule has 0 saturated carbocycles. The summed E-state index contributed by atoms with van der Waals surface area (Å²) in [4.78, 5) is 16.6. The van der Waals surface area contributed by atoms with Gasteiger partial charge in [-0.3, -0.25) is 4.79 Å². The van der Waals surface area contributed by atoms with Crippen LogP contribution in [0.25, 0.3) is 0 Å². The lowest BCUT2D eigenvalue weighted by atomic mass is 10.2. The van der Waals surface area contributed by atoms with Crippen molar-refractivity contribution in [1.82, 2.24) is 10.3 Å². The molecular weight excluding hydrogens is 258 g/mol. The molecule has 1 N–H and O–H groups in total. The fraction of sp³-hybridized carbons (Fsp3) is 0.167. The summed E-state index contributed by atoms with van der Waals surface area (Å²) < 4.78 is 25.6. The molecule has 0 bridgehead atoms. The van der Waals surface area contributed by atoms with Crippen LogP contribution in [0.1, 0.15) is 20.2 Å². The van der Waals surface area contributed by atoms with Gasteiger partial charge in [0.2, 0.25) is 0 Å². The molecule has 1 amide bonds. The Hall–Kier alpha value is -1.82. The lowest BCUT2D eigenvalue weighted by Gasteiger charge is -2.03. The Labute approximate surface area is 106 Å². The molecule has 0 saturated heterocycles. The number of aromatic nitrogens is 1. The number of hydrogen-bond donors (Lipinski definition) is 1. The second-order valence-electron chi connectivity index (χ2n) is 3.66. The standard InChI is InChI=1S/C12H10F2N2OS/c1-7-15-5-9(18-7)6-16-12(17)8-2-3-10(13)11(14)4-8/h2-5H,6H2,1H3,(H,16,17). The van der Waals surface area contributed by atoms with Crippen molar-refractivity contribution in [1.29, 1.82) is 0 Å². The van der Waals surface area contributed by atoms with E-state index in [9.17, 15) is 13.6 Å². The molecule has 0 atom stereocenters. The van der Waals surface area contributed by atoms with Crippen molar-refractivity contribution >= 4 is 17.2 Å². The van der Waals surface area contributed by atoms with Crippen LogP contribution in [0.15, 0.2) is 24.4 Å². The van der Waals surface area contributed by atoms with E-state index in [0.717, 1.165) is 22.0 Å². The third-order valence-corrected chi connectivity index (χ3v) is 3.19. The van der Waals surface area contributed by atoms with Crippen LogP contribution in [0.2, 0.25) is 0 Å². The van der Waals surface area contributed by atoms with Crippen molar-refractivity contribution < 1.29 is 13.6 Å². The SMILES string of the molecule is Cc1ncc(CNC(=O)c2ccc(F)c(F)c2)s1. The summed E-state index contributed by atoms with van der Waals surface area (Å²) in [5, 5.41) is 3.53. The van der Waals surface area contributed by atoms with E-state index in [0.29, 0.717) is 6.54 Å². The first-order valence-electron chi connectivity index (χ1n) is 5.21. The van der Waals surface area contributed by atoms with Crippen LogP contribution >= 0.6 is 11.3 Å². The molecule has 94 valence electrons. The molecule has 6 heteroatoms. The Balaban J connectivity index is 2.01. The molecule has 2 rings (SSSR count). The highest BCUT2D eigenvalue weighted by molar-refractivity contribution is 7.11. The number of hydrogen-bond acceptors (Lipinski definition) is 3. The number of carbonyl (C=O) groups excluding carboxylic acids is 1. The molecule has 0 aliphatic carbocycles. The van der Waals surface area contributed by atoms with Crippen LogP contribution in [0.4, 0.5) is 8.78 Å². The summed E-state index contributed by atoms with van der Waals surface area (Å²) in [7, 11) is 0. The summed E-state index contributed by atoms with van der Waals surface area (Å²) >= 11 is 1.47. The number of amides is 1. The van der Waals surface area contributed by atoms with E-state index in [1.807, 2.05) is 6.92 Å². The van der Waals surface area contributed by atoms with Gasteiger partial charge in [-0.2, -0.15) is 0 Å². The van der Waals surface area contributed by atoms with Crippen LogP contribution in [0.5, 0.6) is 0 Å². The van der Waals surface area contributed by atoms with E-state index in [1.54, 1.807) is 6.20 Å². The van der Waals surface area contributed by atoms with Crippen LogP contribution < -0.4 is 5.32 Å². The van der Waals surface area contributed by atoms with Crippen molar-refractivity contribution in [2.75, 3.05) is 0 Å². The lowest BCUT2D eigenvalue weighted by molar-refractivity contribution is 0.0950. The predicted octanol–water partition coefficient (Wildman–Crippen LogP) is 2.66. The van der Waals surface area contributed by atoms with Crippen molar-refractivity contribution in [3.63, 3.8) is 0 Å². The minimum atomic E-state index is -1.03. The summed E-state index contributed by atoms with van der Waals surface area (Å²) in [6.45, 7) is 2.19. The van der Waals surface area contributed by atoms with Crippen molar-refractivity contribution in [2.45, 2.75) is 13.5 Å². The van der Waals surface area contributed by atoms with Gasteiger partial charge < -0.3 is 5.32 Å². The number of aryl methyl sites for hydroxylation is 1. The van der Waals surface area contributed by atoms with E-state index < -0.39 is 17.5 Å². The lowest BCUT2D eigenvalue weighted by Crippen LogP contribution is -2.22. The number of benzene rings is 1. The number of nitrogens with one attached hydrogen (secondary N) is 1. The molecule has 0 unspecified atom stereocenters. The maximum atomic E-state index is 12.9. The van der Waals surface area contributed by atoms with Gasteiger partial charge in [0.05, 0.1) is 11.6 Å². The van der Waals surface area contributed by atoms with Gasteiger partial charge in [0.15, 0.2) is 11.6 Å². The van der Waals surface area contributed by atoms with Gasteiger partial charge in [0.25, 0.3) is 5.91 Å². The fourth-order valence-corrected chi connectivity index (χ4v) is 2.13. The van der Waals surface area contributed by atoms with Crippen LogP contribution in [0, 0.1) is 18.6 Å². The van der Waals surface area contributed by atoms with E-state index >= 15 is 0 Å². The van der Waals surface area contributed by atoms with Gasteiger partial charge in [-0.1, -0.05) is 0 Å². The Morgan fingerprint density at radius 2 is 2.17 bits per heavy atom. The van der Waals surface area contributed by atoms with Gasteiger partial charge in [-0.25, -0.2) is 13.8 Å². The highest BCUT2D eigenvalue weighted by Gasteiger charge is 2.09. The van der Waals surface area contributed by atoms with Crippen LogP contribution in [-0.2, 0) is 6.54 Å². The average Bonchev–Trinajstić information content (AvgIpc) is 2.75. The molecule has 0 spiro atoms. The summed E-state index contributed by atoms with van der Waals surface area (Å²) in [6, 6.07) is 3.05. The first-order chi connectivity index (χ1) is 8.56. The highest BCUT2D eigenvalue weighted by atomic mass is 32.1. The largest absolute Gasteiger partial charge is 0.347 e. The van der Waals surface area contributed by atoms with E-state index in [4.69, 9.17) is 0 Å². The molecule has 1 aromatic carbocycles. The number of nitrogens with zero attached hydrogens (tertiary/aromatic N) is 1. The number of rotatable bonds is 3. The summed E-state index contributed by atoms with van der Waals surface area (Å²) in [6.07, 6.45) is 1.67. The van der Waals surface area contributed by atoms with Gasteiger partial charge in [-0.05, 0) is 25.1 Å².